The first kappa shape index (κ1) is 12.6. The van der Waals surface area contributed by atoms with Gasteiger partial charge in [0.05, 0.1) is 6.61 Å². The molecule has 0 N–H and O–H groups in total. The molecule has 0 amide bonds. The Morgan fingerprint density at radius 3 is 3.21 bits per heavy atom. The third kappa shape index (κ3) is 1.76. The SMILES string of the molecule is COC[C@]12COc3nc(=O)ccn3[C@H](O1)[C@H](F)[C@@H]2C. The number of halogens is 1. The molecule has 0 aliphatic carbocycles. The van der Waals surface area contributed by atoms with Crippen LogP contribution in [0.3, 0.4) is 0 Å². The van der Waals surface area contributed by atoms with Gasteiger partial charge in [-0.1, -0.05) is 6.92 Å². The van der Waals surface area contributed by atoms with Gasteiger partial charge in [-0.15, -0.1) is 0 Å². The summed E-state index contributed by atoms with van der Waals surface area (Å²) >= 11 is 0. The minimum atomic E-state index is -1.21. The Morgan fingerprint density at radius 2 is 2.47 bits per heavy atom. The van der Waals surface area contributed by atoms with Crippen LogP contribution in [0.25, 0.3) is 0 Å². The summed E-state index contributed by atoms with van der Waals surface area (Å²) in [6.07, 6.45) is -0.596. The second-order valence-electron chi connectivity index (χ2n) is 4.98. The summed E-state index contributed by atoms with van der Waals surface area (Å²) in [7, 11) is 1.53. The molecule has 0 spiro atoms. The summed E-state index contributed by atoms with van der Waals surface area (Å²) in [5.74, 6) is -0.370. The van der Waals surface area contributed by atoms with Crippen LogP contribution >= 0.6 is 0 Å². The molecule has 1 saturated heterocycles. The molecule has 2 aliphatic heterocycles. The Bertz CT molecular complexity index is 549. The number of fused-ring (bicyclic) bond motifs is 4. The highest BCUT2D eigenvalue weighted by Crippen LogP contribution is 2.46. The first-order valence-corrected chi connectivity index (χ1v) is 6.10. The average Bonchev–Trinajstić information content (AvgIpc) is 2.56. The number of rotatable bonds is 2. The van der Waals surface area contributed by atoms with Gasteiger partial charge >= 0.3 is 6.01 Å². The molecule has 3 rings (SSSR count). The number of methoxy groups -OCH3 is 1. The van der Waals surface area contributed by atoms with Gasteiger partial charge in [0.2, 0.25) is 0 Å². The molecule has 19 heavy (non-hydrogen) atoms. The number of aromatic nitrogens is 2. The predicted octanol–water partition coefficient (Wildman–Crippen LogP) is 0.524. The van der Waals surface area contributed by atoms with Gasteiger partial charge in [0.1, 0.15) is 12.2 Å². The molecule has 7 heteroatoms. The fourth-order valence-corrected chi connectivity index (χ4v) is 2.66. The zero-order valence-corrected chi connectivity index (χ0v) is 10.7. The van der Waals surface area contributed by atoms with Crippen LogP contribution in [0.15, 0.2) is 17.1 Å². The molecule has 2 bridgehead atoms. The fraction of sp³-hybridized carbons (Fsp3) is 0.667. The van der Waals surface area contributed by atoms with Crippen LogP contribution in [0.4, 0.5) is 4.39 Å². The second-order valence-corrected chi connectivity index (χ2v) is 4.98. The van der Waals surface area contributed by atoms with E-state index in [4.69, 9.17) is 14.2 Å². The number of hydrogen-bond donors (Lipinski definition) is 0. The third-order valence-corrected chi connectivity index (χ3v) is 3.85. The van der Waals surface area contributed by atoms with Crippen molar-refractivity contribution in [1.82, 2.24) is 9.55 Å². The van der Waals surface area contributed by atoms with Crippen molar-refractivity contribution in [3.8, 4) is 6.01 Å². The van der Waals surface area contributed by atoms with E-state index in [1.54, 1.807) is 6.92 Å². The number of nitrogens with zero attached hydrogens (tertiary/aromatic N) is 2. The lowest BCUT2D eigenvalue weighted by molar-refractivity contribution is -0.122. The third-order valence-electron chi connectivity index (χ3n) is 3.85. The second kappa shape index (κ2) is 4.28. The maximum absolute atomic E-state index is 14.4. The number of hydrogen-bond acceptors (Lipinski definition) is 5. The minimum absolute atomic E-state index is 0.0880. The van der Waals surface area contributed by atoms with E-state index >= 15 is 0 Å². The van der Waals surface area contributed by atoms with E-state index in [1.165, 1.54) is 23.9 Å². The molecular formula is C12H15FN2O4. The molecule has 1 fully saturated rings. The molecule has 0 aromatic carbocycles. The highest BCUT2D eigenvalue weighted by atomic mass is 19.1. The van der Waals surface area contributed by atoms with Crippen molar-refractivity contribution in [2.24, 2.45) is 5.92 Å². The van der Waals surface area contributed by atoms with Gasteiger partial charge in [-0.3, -0.25) is 9.36 Å². The Morgan fingerprint density at radius 1 is 1.68 bits per heavy atom. The lowest BCUT2D eigenvalue weighted by Gasteiger charge is -2.30. The number of ether oxygens (including phenoxy) is 3. The van der Waals surface area contributed by atoms with Crippen LogP contribution in [-0.2, 0) is 9.47 Å². The topological polar surface area (TPSA) is 62.6 Å². The monoisotopic (exact) mass is 270 g/mol. The summed E-state index contributed by atoms with van der Waals surface area (Å²) < 4.78 is 32.4. The van der Waals surface area contributed by atoms with Crippen LogP contribution in [0.5, 0.6) is 6.01 Å². The molecule has 3 heterocycles. The summed E-state index contributed by atoms with van der Waals surface area (Å²) in [5, 5.41) is 0. The zero-order chi connectivity index (χ0) is 13.6. The van der Waals surface area contributed by atoms with Crippen molar-refractivity contribution in [1.29, 1.82) is 0 Å². The van der Waals surface area contributed by atoms with Crippen molar-refractivity contribution in [3.05, 3.63) is 22.6 Å². The molecular weight excluding hydrogens is 255 g/mol. The van der Waals surface area contributed by atoms with E-state index in [9.17, 15) is 9.18 Å². The van der Waals surface area contributed by atoms with Crippen LogP contribution in [0, 0.1) is 5.92 Å². The van der Waals surface area contributed by atoms with Gasteiger partial charge in [-0.2, -0.15) is 4.98 Å². The van der Waals surface area contributed by atoms with Gasteiger partial charge in [0, 0.05) is 25.3 Å². The minimum Gasteiger partial charge on any atom is -0.461 e. The van der Waals surface area contributed by atoms with Gasteiger partial charge in [0.15, 0.2) is 12.4 Å². The van der Waals surface area contributed by atoms with Crippen molar-refractivity contribution >= 4 is 0 Å². The van der Waals surface area contributed by atoms with Crippen LogP contribution in [0.2, 0.25) is 0 Å². The smallest absolute Gasteiger partial charge is 0.302 e. The summed E-state index contributed by atoms with van der Waals surface area (Å²) in [5.41, 5.74) is -1.27. The molecule has 2 aliphatic rings. The quantitative estimate of drug-likeness (QED) is 0.784. The average molecular weight is 270 g/mol. The molecule has 4 atom stereocenters. The van der Waals surface area contributed by atoms with Gasteiger partial charge < -0.3 is 14.2 Å². The Hall–Kier alpha value is -1.47. The van der Waals surface area contributed by atoms with Gasteiger partial charge in [-0.05, 0) is 0 Å². The summed E-state index contributed by atoms with van der Waals surface area (Å²) in [4.78, 5) is 15.0. The Labute approximate surface area is 109 Å². The lowest BCUT2D eigenvalue weighted by Crippen LogP contribution is -2.46. The molecule has 104 valence electrons. The molecule has 0 saturated carbocycles. The first-order chi connectivity index (χ1) is 9.07. The van der Waals surface area contributed by atoms with Gasteiger partial charge in [-0.25, -0.2) is 4.39 Å². The Balaban J connectivity index is 2.06. The van der Waals surface area contributed by atoms with Gasteiger partial charge in [0.25, 0.3) is 5.56 Å². The standard InChI is InChI=1S/C12H15FN2O4/c1-7-9(13)10-15-4-3-8(16)14-11(15)18-6-12(7,19-10)5-17-2/h3-4,7,9-10H,5-6H2,1-2H3/t7-,9+,10+,12+/m0/s1. The first-order valence-electron chi connectivity index (χ1n) is 6.10. The van der Waals surface area contributed by atoms with Crippen molar-refractivity contribution in [2.75, 3.05) is 20.3 Å². The fourth-order valence-electron chi connectivity index (χ4n) is 2.66. The predicted molar refractivity (Wildman–Crippen MR) is 62.8 cm³/mol. The van der Waals surface area contributed by atoms with Crippen LogP contribution in [0.1, 0.15) is 13.2 Å². The molecule has 1 aromatic heterocycles. The number of alkyl halides is 1. The molecule has 6 nitrogen and oxygen atoms in total. The van der Waals surface area contributed by atoms with E-state index in [0.717, 1.165) is 0 Å². The summed E-state index contributed by atoms with van der Waals surface area (Å²) in [6.45, 7) is 2.10. The zero-order valence-electron chi connectivity index (χ0n) is 10.7. The van der Waals surface area contributed by atoms with E-state index in [-0.39, 0.29) is 25.1 Å². The van der Waals surface area contributed by atoms with E-state index in [2.05, 4.69) is 4.98 Å². The maximum Gasteiger partial charge on any atom is 0.302 e. The normalized spacial score (nSPS) is 36.5. The molecule has 1 aromatic rings. The highest BCUT2D eigenvalue weighted by Gasteiger charge is 2.56. The van der Waals surface area contributed by atoms with Crippen LogP contribution < -0.4 is 10.3 Å². The van der Waals surface area contributed by atoms with Crippen molar-refractivity contribution in [3.63, 3.8) is 0 Å². The lowest BCUT2D eigenvalue weighted by atomic mass is 9.88. The molecule has 0 unspecified atom stereocenters. The highest BCUT2D eigenvalue weighted by molar-refractivity contribution is 5.10. The summed E-state index contributed by atoms with van der Waals surface area (Å²) in [6, 6.07) is 1.35. The maximum atomic E-state index is 14.4. The molecule has 0 radical (unpaired) electrons. The van der Waals surface area contributed by atoms with Crippen LogP contribution in [-0.4, -0.2) is 41.6 Å². The van der Waals surface area contributed by atoms with Crippen molar-refractivity contribution in [2.45, 2.75) is 24.9 Å². The Kier molecular flexibility index (Phi) is 2.83. The van der Waals surface area contributed by atoms with E-state index in [0.29, 0.717) is 0 Å². The largest absolute Gasteiger partial charge is 0.461 e. The van der Waals surface area contributed by atoms with Crippen molar-refractivity contribution < 1.29 is 18.6 Å². The van der Waals surface area contributed by atoms with E-state index < -0.39 is 23.6 Å². The van der Waals surface area contributed by atoms with E-state index in [1.807, 2.05) is 0 Å².